The first kappa shape index (κ1) is 24.3. The fourth-order valence-electron chi connectivity index (χ4n) is 4.76. The predicted molar refractivity (Wildman–Crippen MR) is 138 cm³/mol. The number of rotatable bonds is 5. The number of aromatic nitrogens is 1. The molecule has 36 heavy (non-hydrogen) atoms. The van der Waals surface area contributed by atoms with Crippen molar-refractivity contribution in [1.82, 2.24) is 20.5 Å². The molecule has 0 radical (unpaired) electrons. The van der Waals surface area contributed by atoms with E-state index in [0.717, 1.165) is 11.1 Å². The van der Waals surface area contributed by atoms with Gasteiger partial charge < -0.3 is 15.4 Å². The average molecular weight is 508 g/mol. The fourth-order valence-corrected chi connectivity index (χ4v) is 4.98. The van der Waals surface area contributed by atoms with Crippen molar-refractivity contribution in [3.8, 4) is 5.75 Å². The van der Waals surface area contributed by atoms with Gasteiger partial charge in [-0.05, 0) is 51.5 Å². The Bertz CT molecular complexity index is 1270. The van der Waals surface area contributed by atoms with Gasteiger partial charge in [0.05, 0.1) is 29.2 Å². The minimum Gasteiger partial charge on any atom is -0.486 e. The van der Waals surface area contributed by atoms with E-state index in [1.54, 1.807) is 35.5 Å². The number of carbonyl (C=O) groups is 2. The summed E-state index contributed by atoms with van der Waals surface area (Å²) in [4.78, 5) is 36.5. The highest BCUT2D eigenvalue weighted by Crippen LogP contribution is 2.44. The van der Waals surface area contributed by atoms with E-state index in [-0.39, 0.29) is 23.8 Å². The molecule has 2 aromatic rings. The first-order chi connectivity index (χ1) is 17.0. The smallest absolute Gasteiger partial charge is 0.231 e. The molecule has 1 aromatic carbocycles. The van der Waals surface area contributed by atoms with Crippen LogP contribution in [0.3, 0.4) is 0 Å². The minimum absolute atomic E-state index is 0.0340. The van der Waals surface area contributed by atoms with Crippen LogP contribution in [0.1, 0.15) is 52.1 Å². The maximum absolute atomic E-state index is 13.2. The Morgan fingerprint density at radius 1 is 1.25 bits per heavy atom. The third-order valence-corrected chi connectivity index (χ3v) is 6.85. The van der Waals surface area contributed by atoms with Crippen LogP contribution in [0.25, 0.3) is 0 Å². The van der Waals surface area contributed by atoms with Gasteiger partial charge in [-0.15, -0.1) is 0 Å². The van der Waals surface area contributed by atoms with E-state index < -0.39 is 11.1 Å². The molecule has 5 rings (SSSR count). The zero-order valence-corrected chi connectivity index (χ0v) is 21.6. The number of nitrogens with zero attached hydrogens (tertiary/aromatic N) is 3. The van der Waals surface area contributed by atoms with E-state index in [1.165, 1.54) is 0 Å². The number of hydrogen-bond acceptors (Lipinski definition) is 5. The van der Waals surface area contributed by atoms with Gasteiger partial charge in [0.2, 0.25) is 17.8 Å². The van der Waals surface area contributed by atoms with Gasteiger partial charge >= 0.3 is 0 Å². The summed E-state index contributed by atoms with van der Waals surface area (Å²) >= 11 is 6.38. The number of ether oxygens (including phenoxy) is 1. The largest absolute Gasteiger partial charge is 0.486 e. The van der Waals surface area contributed by atoms with Crippen molar-refractivity contribution in [3.05, 3.63) is 65.0 Å². The molecule has 2 N–H and O–H groups in total. The summed E-state index contributed by atoms with van der Waals surface area (Å²) < 4.78 is 6.08. The van der Waals surface area contributed by atoms with Crippen LogP contribution in [0, 0.1) is 5.92 Å². The lowest BCUT2D eigenvalue weighted by Gasteiger charge is -2.39. The highest BCUT2D eigenvalue weighted by atomic mass is 35.5. The van der Waals surface area contributed by atoms with Gasteiger partial charge in [-0.1, -0.05) is 29.8 Å². The van der Waals surface area contributed by atoms with Crippen LogP contribution in [-0.4, -0.2) is 45.3 Å². The van der Waals surface area contributed by atoms with Gasteiger partial charge in [0.25, 0.3) is 0 Å². The van der Waals surface area contributed by atoms with Crippen molar-refractivity contribution in [2.24, 2.45) is 10.9 Å². The maximum Gasteiger partial charge on any atom is 0.231 e. The number of fused-ring (bicyclic) bond motifs is 1. The Morgan fingerprint density at radius 3 is 2.75 bits per heavy atom. The van der Waals surface area contributed by atoms with Gasteiger partial charge in [-0.2, -0.15) is 0 Å². The highest BCUT2D eigenvalue weighted by molar-refractivity contribution is 6.32. The number of benzene rings is 1. The van der Waals surface area contributed by atoms with E-state index in [1.807, 2.05) is 45.9 Å². The zero-order valence-electron chi connectivity index (χ0n) is 20.8. The lowest BCUT2D eigenvalue weighted by atomic mass is 9.89. The molecule has 0 bridgehead atoms. The van der Waals surface area contributed by atoms with Gasteiger partial charge in [0, 0.05) is 36.3 Å². The van der Waals surface area contributed by atoms with Gasteiger partial charge in [-0.25, -0.2) is 4.99 Å². The molecule has 1 aromatic heterocycles. The number of amides is 2. The van der Waals surface area contributed by atoms with Crippen molar-refractivity contribution in [1.29, 1.82) is 0 Å². The number of aliphatic imine (C=N–C) groups is 1. The normalized spacial score (nSPS) is 24.8. The molecule has 0 spiro atoms. The van der Waals surface area contributed by atoms with Crippen molar-refractivity contribution in [3.63, 3.8) is 0 Å². The topological polar surface area (TPSA) is 95.9 Å². The molecule has 1 aliphatic carbocycles. The van der Waals surface area contributed by atoms with Crippen molar-refractivity contribution in [2.45, 2.75) is 57.7 Å². The summed E-state index contributed by atoms with van der Waals surface area (Å²) in [7, 11) is 0. The van der Waals surface area contributed by atoms with Crippen LogP contribution >= 0.6 is 11.6 Å². The molecular formula is C27H30ClN5O3. The van der Waals surface area contributed by atoms with Gasteiger partial charge in [-0.3, -0.25) is 19.5 Å². The van der Waals surface area contributed by atoms with Crippen molar-refractivity contribution >= 4 is 35.1 Å². The van der Waals surface area contributed by atoms with Crippen LogP contribution in [0.2, 0.25) is 5.02 Å². The van der Waals surface area contributed by atoms with Crippen molar-refractivity contribution in [2.75, 3.05) is 6.54 Å². The third kappa shape index (κ3) is 5.09. The maximum atomic E-state index is 13.2. The number of carbonyl (C=O) groups excluding carboxylic acids is 2. The summed E-state index contributed by atoms with van der Waals surface area (Å²) in [6, 6.07) is 8.94. The molecular weight excluding hydrogens is 478 g/mol. The van der Waals surface area contributed by atoms with E-state index in [0.29, 0.717) is 41.8 Å². The van der Waals surface area contributed by atoms with Gasteiger partial charge in [0.15, 0.2) is 0 Å². The number of guanidine groups is 1. The standard InChI is InChI=1S/C27H30ClN5O3/c1-26(2)14-22(34)33(25(32-26)30-17-8-10-29-11-9-17)15-16-12-19(16)24(35)31-21-13-27(3,4)36-23-18(21)6-5-7-20(23)28/h5-12,19,21H,13-15H2,1-4H3,(H,31,35)(H,29,30,32)/t19-,21?/m1/s1. The fraction of sp³-hybridized carbons (Fsp3) is 0.407. The molecule has 3 heterocycles. The van der Waals surface area contributed by atoms with Crippen LogP contribution in [0.4, 0.5) is 5.69 Å². The molecule has 0 saturated carbocycles. The molecule has 2 aliphatic heterocycles. The average Bonchev–Trinajstić information content (AvgIpc) is 3.56. The highest BCUT2D eigenvalue weighted by Gasteiger charge is 2.42. The molecule has 2 amide bonds. The molecule has 9 heteroatoms. The quantitative estimate of drug-likeness (QED) is 0.588. The molecule has 8 nitrogen and oxygen atoms in total. The van der Waals surface area contributed by atoms with Crippen molar-refractivity contribution < 1.29 is 14.3 Å². The summed E-state index contributed by atoms with van der Waals surface area (Å²) in [6.45, 7) is 8.22. The van der Waals surface area contributed by atoms with E-state index in [2.05, 4.69) is 20.6 Å². The number of pyridine rings is 1. The lowest BCUT2D eigenvalue weighted by molar-refractivity contribution is -0.130. The van der Waals surface area contributed by atoms with Crippen LogP contribution < -0.4 is 15.4 Å². The van der Waals surface area contributed by atoms with E-state index >= 15 is 0 Å². The molecule has 1 saturated heterocycles. The molecule has 1 fully saturated rings. The molecule has 3 aliphatic rings. The summed E-state index contributed by atoms with van der Waals surface area (Å²) in [5.41, 5.74) is 1.58. The zero-order chi connectivity index (χ0) is 25.7. The molecule has 188 valence electrons. The first-order valence-corrected chi connectivity index (χ1v) is 12.4. The monoisotopic (exact) mass is 507 g/mol. The van der Waals surface area contributed by atoms with Crippen LogP contribution in [0.5, 0.6) is 5.75 Å². The van der Waals surface area contributed by atoms with Crippen LogP contribution in [0.15, 0.2) is 59.4 Å². The lowest BCUT2D eigenvalue weighted by Crippen LogP contribution is -2.60. The Labute approximate surface area is 215 Å². The first-order valence-electron chi connectivity index (χ1n) is 12.1. The van der Waals surface area contributed by atoms with Crippen LogP contribution in [-0.2, 0) is 9.59 Å². The Morgan fingerprint density at radius 2 is 2.00 bits per heavy atom. The number of hydrogen-bond donors (Lipinski definition) is 2. The molecule has 2 atom stereocenters. The van der Waals surface area contributed by atoms with Gasteiger partial charge in [0.1, 0.15) is 11.4 Å². The number of nitrogens with one attached hydrogen (secondary N) is 2. The Kier molecular flexibility index (Phi) is 6.03. The second kappa shape index (κ2) is 8.92. The minimum atomic E-state index is -0.466. The third-order valence-electron chi connectivity index (χ3n) is 6.56. The van der Waals surface area contributed by atoms with E-state index in [4.69, 9.17) is 16.3 Å². The number of halogens is 1. The molecule has 1 unspecified atom stereocenters. The summed E-state index contributed by atoms with van der Waals surface area (Å²) in [5.74, 6) is 0.610. The summed E-state index contributed by atoms with van der Waals surface area (Å²) in [5, 5.41) is 7.08. The van der Waals surface area contributed by atoms with E-state index in [9.17, 15) is 9.59 Å². The Hall–Kier alpha value is -3.39. The summed E-state index contributed by atoms with van der Waals surface area (Å²) in [6.07, 6.45) is 6.18. The SMILES string of the molecule is CC1(C)CC(=O)N(CC2=C[C@H]2C(=O)NC2CC(C)(C)Oc3c(Cl)cccc32)/C(=N\c2ccncc2)N1. The Balaban J connectivity index is 1.29. The predicted octanol–water partition coefficient (Wildman–Crippen LogP) is 4.30. The second-order valence-electron chi connectivity index (χ2n) is 10.8. The second-order valence-corrected chi connectivity index (χ2v) is 11.2. The number of para-hydroxylation sites is 1.